The molecule has 1 aromatic heterocycles. The van der Waals surface area contributed by atoms with Crippen molar-refractivity contribution >= 4 is 28.3 Å². The van der Waals surface area contributed by atoms with Crippen molar-refractivity contribution in [2.24, 2.45) is 0 Å². The molecule has 0 bridgehead atoms. The van der Waals surface area contributed by atoms with Crippen LogP contribution in [0.25, 0.3) is 10.8 Å². The first-order valence-electron chi connectivity index (χ1n) is 7.09. The Morgan fingerprint density at radius 3 is 2.86 bits per heavy atom. The summed E-state index contributed by atoms with van der Waals surface area (Å²) in [6, 6.07) is 6.66. The number of pyridine rings is 1. The van der Waals surface area contributed by atoms with E-state index in [4.69, 9.17) is 0 Å². The van der Waals surface area contributed by atoms with Gasteiger partial charge in [0.1, 0.15) is 12.1 Å². The van der Waals surface area contributed by atoms with Gasteiger partial charge in [-0.3, -0.25) is 19.5 Å². The smallest absolute Gasteiger partial charge is 0.250 e. The molecule has 2 atom stereocenters. The molecular formula is C16H17N3O2. The van der Waals surface area contributed by atoms with E-state index in [9.17, 15) is 9.59 Å². The van der Waals surface area contributed by atoms with E-state index in [-0.39, 0.29) is 11.8 Å². The van der Waals surface area contributed by atoms with E-state index in [2.05, 4.69) is 10.3 Å². The largest absolute Gasteiger partial charge is 0.343 e. The van der Waals surface area contributed by atoms with Gasteiger partial charge in [-0.05, 0) is 30.9 Å². The van der Waals surface area contributed by atoms with Gasteiger partial charge >= 0.3 is 0 Å². The number of piperazine rings is 1. The van der Waals surface area contributed by atoms with Gasteiger partial charge in [0.05, 0.1) is 5.69 Å². The van der Waals surface area contributed by atoms with Crippen LogP contribution in [0.2, 0.25) is 0 Å². The number of nitrogens with one attached hydrogen (secondary N) is 1. The minimum Gasteiger partial charge on any atom is -0.343 e. The highest BCUT2D eigenvalue weighted by molar-refractivity contribution is 6.12. The van der Waals surface area contributed by atoms with Crippen LogP contribution in [0.1, 0.15) is 20.3 Å². The van der Waals surface area contributed by atoms with Gasteiger partial charge in [-0.2, -0.15) is 0 Å². The highest BCUT2D eigenvalue weighted by Crippen LogP contribution is 2.30. The Labute approximate surface area is 123 Å². The summed E-state index contributed by atoms with van der Waals surface area (Å²) in [7, 11) is 0. The second kappa shape index (κ2) is 5.16. The molecule has 2 amide bonds. The fraction of sp³-hybridized carbons (Fsp3) is 0.312. The zero-order valence-electron chi connectivity index (χ0n) is 12.0. The Morgan fingerprint density at radius 2 is 2.10 bits per heavy atom. The summed E-state index contributed by atoms with van der Waals surface area (Å²) in [4.78, 5) is 30.5. The molecule has 1 N–H and O–H groups in total. The fourth-order valence-corrected chi connectivity index (χ4v) is 2.81. The summed E-state index contributed by atoms with van der Waals surface area (Å²) < 4.78 is 0. The van der Waals surface area contributed by atoms with Crippen LogP contribution < -0.4 is 10.2 Å². The summed E-state index contributed by atoms with van der Waals surface area (Å²) in [5.74, 6) is -0.191. The molecule has 1 aliphatic heterocycles. The first-order valence-corrected chi connectivity index (χ1v) is 7.09. The van der Waals surface area contributed by atoms with E-state index >= 15 is 0 Å². The molecule has 2 unspecified atom stereocenters. The number of rotatable bonds is 2. The molecule has 5 nitrogen and oxygen atoms in total. The first-order chi connectivity index (χ1) is 10.1. The second-order valence-corrected chi connectivity index (χ2v) is 5.24. The third-order valence-electron chi connectivity index (χ3n) is 3.89. The van der Waals surface area contributed by atoms with Crippen LogP contribution in [0.4, 0.5) is 5.69 Å². The van der Waals surface area contributed by atoms with E-state index in [1.54, 1.807) is 24.2 Å². The van der Waals surface area contributed by atoms with Crippen molar-refractivity contribution in [2.45, 2.75) is 32.4 Å². The number of benzene rings is 1. The molecule has 1 saturated heterocycles. The zero-order valence-corrected chi connectivity index (χ0v) is 12.0. The number of carbonyl (C=O) groups excluding carboxylic acids is 2. The van der Waals surface area contributed by atoms with Crippen LogP contribution in [-0.4, -0.2) is 28.9 Å². The quantitative estimate of drug-likeness (QED) is 0.915. The number of carbonyl (C=O) groups is 2. The molecule has 1 fully saturated rings. The Bertz CT molecular complexity index is 708. The summed E-state index contributed by atoms with van der Waals surface area (Å²) in [5, 5.41) is 4.62. The molecule has 2 aromatic rings. The molecule has 2 heterocycles. The lowest BCUT2D eigenvalue weighted by Gasteiger charge is -2.38. The molecule has 108 valence electrons. The molecule has 5 heteroatoms. The van der Waals surface area contributed by atoms with Crippen LogP contribution in [0.5, 0.6) is 0 Å². The number of nitrogens with zero attached hydrogens (tertiary/aromatic N) is 2. The van der Waals surface area contributed by atoms with Gasteiger partial charge < -0.3 is 5.32 Å². The van der Waals surface area contributed by atoms with Crippen LogP contribution >= 0.6 is 0 Å². The average molecular weight is 283 g/mol. The van der Waals surface area contributed by atoms with Gasteiger partial charge in [0.2, 0.25) is 11.8 Å². The lowest BCUT2D eigenvalue weighted by atomic mass is 10.0. The third kappa shape index (κ3) is 2.14. The maximum atomic E-state index is 12.6. The molecule has 0 radical (unpaired) electrons. The lowest BCUT2D eigenvalue weighted by molar-refractivity contribution is -0.133. The van der Waals surface area contributed by atoms with Crippen molar-refractivity contribution in [1.29, 1.82) is 0 Å². The minimum absolute atomic E-state index is 0.0854. The molecular weight excluding hydrogens is 266 g/mol. The average Bonchev–Trinajstić information content (AvgIpc) is 2.50. The van der Waals surface area contributed by atoms with Gasteiger partial charge in [0.25, 0.3) is 0 Å². The summed E-state index contributed by atoms with van der Waals surface area (Å²) >= 11 is 0. The first kappa shape index (κ1) is 13.5. The zero-order chi connectivity index (χ0) is 15.0. The van der Waals surface area contributed by atoms with Crippen molar-refractivity contribution < 1.29 is 9.59 Å². The van der Waals surface area contributed by atoms with Gasteiger partial charge in [-0.1, -0.05) is 19.1 Å². The molecule has 1 aromatic carbocycles. The summed E-state index contributed by atoms with van der Waals surface area (Å²) in [6.45, 7) is 3.62. The van der Waals surface area contributed by atoms with E-state index in [1.165, 1.54) is 0 Å². The summed E-state index contributed by atoms with van der Waals surface area (Å²) in [6.07, 6.45) is 4.03. The SMILES string of the molecule is CCC1C(=O)NC(C)C(=O)N1c1cccc2ccncc12. The van der Waals surface area contributed by atoms with Gasteiger partial charge in [-0.15, -0.1) is 0 Å². The molecule has 21 heavy (non-hydrogen) atoms. The Kier molecular flexibility index (Phi) is 3.33. The molecule has 0 aliphatic carbocycles. The Balaban J connectivity index is 2.18. The fourth-order valence-electron chi connectivity index (χ4n) is 2.81. The number of aromatic nitrogens is 1. The molecule has 0 saturated carbocycles. The van der Waals surface area contributed by atoms with E-state index in [1.807, 2.05) is 31.2 Å². The van der Waals surface area contributed by atoms with Crippen molar-refractivity contribution in [3.8, 4) is 0 Å². The maximum Gasteiger partial charge on any atom is 0.250 e. The predicted molar refractivity (Wildman–Crippen MR) is 80.9 cm³/mol. The molecule has 1 aliphatic rings. The van der Waals surface area contributed by atoms with Crippen molar-refractivity contribution in [1.82, 2.24) is 10.3 Å². The van der Waals surface area contributed by atoms with Crippen LogP contribution in [-0.2, 0) is 9.59 Å². The number of hydrogen-bond acceptors (Lipinski definition) is 3. The summed E-state index contributed by atoms with van der Waals surface area (Å²) in [5.41, 5.74) is 0.749. The number of anilines is 1. The highest BCUT2D eigenvalue weighted by Gasteiger charge is 2.38. The molecule has 3 rings (SSSR count). The monoisotopic (exact) mass is 283 g/mol. The Hall–Kier alpha value is -2.43. The standard InChI is InChI=1S/C16H17N3O2/c1-3-13-15(20)18-10(2)16(21)19(13)14-6-4-5-11-7-8-17-9-12(11)14/h4-10,13H,3H2,1-2H3,(H,18,20). The van der Waals surface area contributed by atoms with E-state index in [0.717, 1.165) is 16.5 Å². The maximum absolute atomic E-state index is 12.6. The number of hydrogen-bond donors (Lipinski definition) is 1. The Morgan fingerprint density at radius 1 is 1.29 bits per heavy atom. The van der Waals surface area contributed by atoms with Crippen molar-refractivity contribution in [3.05, 3.63) is 36.7 Å². The van der Waals surface area contributed by atoms with Gasteiger partial charge in [0.15, 0.2) is 0 Å². The van der Waals surface area contributed by atoms with E-state index in [0.29, 0.717) is 6.42 Å². The molecule has 0 spiro atoms. The number of fused-ring (bicyclic) bond motifs is 1. The van der Waals surface area contributed by atoms with Crippen LogP contribution in [0.15, 0.2) is 36.7 Å². The van der Waals surface area contributed by atoms with Crippen LogP contribution in [0.3, 0.4) is 0 Å². The normalized spacial score (nSPS) is 22.5. The van der Waals surface area contributed by atoms with Gasteiger partial charge in [-0.25, -0.2) is 0 Å². The number of amides is 2. The highest BCUT2D eigenvalue weighted by atomic mass is 16.2. The van der Waals surface area contributed by atoms with E-state index < -0.39 is 12.1 Å². The predicted octanol–water partition coefficient (Wildman–Crippen LogP) is 1.86. The van der Waals surface area contributed by atoms with Crippen molar-refractivity contribution in [3.63, 3.8) is 0 Å². The van der Waals surface area contributed by atoms with Crippen molar-refractivity contribution in [2.75, 3.05) is 4.90 Å². The third-order valence-corrected chi connectivity index (χ3v) is 3.89. The van der Waals surface area contributed by atoms with Crippen LogP contribution in [0, 0.1) is 0 Å². The second-order valence-electron chi connectivity index (χ2n) is 5.24. The van der Waals surface area contributed by atoms with Gasteiger partial charge in [0, 0.05) is 17.8 Å². The lowest BCUT2D eigenvalue weighted by Crippen LogP contribution is -2.62. The topological polar surface area (TPSA) is 62.3 Å². The minimum atomic E-state index is -0.507.